The molecule has 0 saturated heterocycles. The van der Waals surface area contributed by atoms with Gasteiger partial charge in [0.15, 0.2) is 12.4 Å². The molecule has 2 rings (SSSR count). The molecule has 0 aliphatic heterocycles. The minimum Gasteiger partial charge on any atom is -0.496 e. The van der Waals surface area contributed by atoms with E-state index >= 15 is 0 Å². The highest BCUT2D eigenvalue weighted by atomic mass is 16.5. The van der Waals surface area contributed by atoms with Crippen LogP contribution in [0.4, 0.5) is 0 Å². The van der Waals surface area contributed by atoms with Crippen LogP contribution in [0.5, 0.6) is 23.0 Å². The molecular weight excluding hydrogens is 412 g/mol. The van der Waals surface area contributed by atoms with E-state index in [1.54, 1.807) is 19.3 Å². The van der Waals surface area contributed by atoms with Crippen molar-refractivity contribution >= 4 is 17.8 Å². The molecule has 0 amide bonds. The summed E-state index contributed by atoms with van der Waals surface area (Å²) in [4.78, 5) is 24.0. The highest BCUT2D eigenvalue weighted by molar-refractivity contribution is 6.10. The van der Waals surface area contributed by atoms with Gasteiger partial charge in [-0.15, -0.1) is 0 Å². The van der Waals surface area contributed by atoms with Crippen molar-refractivity contribution in [1.29, 1.82) is 0 Å². The van der Waals surface area contributed by atoms with Crippen LogP contribution in [-0.4, -0.2) is 44.8 Å². The molecule has 0 fully saturated rings. The Kier molecular flexibility index (Phi) is 9.13. The number of carboxylic acid groups (broad SMARTS) is 1. The van der Waals surface area contributed by atoms with Crippen LogP contribution >= 0.6 is 0 Å². The van der Waals surface area contributed by atoms with Gasteiger partial charge in [-0.3, -0.25) is 4.79 Å². The summed E-state index contributed by atoms with van der Waals surface area (Å²) >= 11 is 0. The minimum absolute atomic E-state index is 0.0746. The molecule has 172 valence electrons. The smallest absolute Gasteiger partial charge is 0.341 e. The van der Waals surface area contributed by atoms with Gasteiger partial charge in [-0.2, -0.15) is 0 Å². The lowest BCUT2D eigenvalue weighted by molar-refractivity contribution is -0.139. The van der Waals surface area contributed by atoms with Crippen molar-refractivity contribution in [2.24, 2.45) is 5.92 Å². The zero-order chi connectivity index (χ0) is 23.7. The third-order valence-corrected chi connectivity index (χ3v) is 4.82. The van der Waals surface area contributed by atoms with E-state index in [1.807, 2.05) is 18.2 Å². The molecular formula is C25H30O7. The van der Waals surface area contributed by atoms with Crippen LogP contribution in [0.3, 0.4) is 0 Å². The summed E-state index contributed by atoms with van der Waals surface area (Å²) in [6.07, 6.45) is 5.00. The van der Waals surface area contributed by atoms with Gasteiger partial charge < -0.3 is 24.1 Å². The standard InChI is InChI=1S/C25H30O7/c1-16(2)6-9-18-12-17(8-11-21(18)30-4)7-10-20(26)25-22(31-5)13-19(29-3)14-23(25)32-15-24(27)28/h7-8,10-14,16H,6,9,15H2,1-5H3,(H,27,28)/b10-7+. The van der Waals surface area contributed by atoms with Gasteiger partial charge in [-0.25, -0.2) is 4.79 Å². The van der Waals surface area contributed by atoms with Gasteiger partial charge in [-0.05, 0) is 48.1 Å². The molecule has 2 aromatic carbocycles. The second-order valence-electron chi connectivity index (χ2n) is 7.59. The molecule has 0 bridgehead atoms. The predicted octanol–water partition coefficient (Wildman–Crippen LogP) is 4.66. The molecule has 7 heteroatoms. The van der Waals surface area contributed by atoms with E-state index in [9.17, 15) is 9.59 Å². The Balaban J connectivity index is 2.36. The van der Waals surface area contributed by atoms with Crippen LogP contribution < -0.4 is 18.9 Å². The predicted molar refractivity (Wildman–Crippen MR) is 122 cm³/mol. The molecule has 0 aliphatic rings. The van der Waals surface area contributed by atoms with Crippen molar-refractivity contribution in [2.75, 3.05) is 27.9 Å². The first-order chi connectivity index (χ1) is 15.3. The summed E-state index contributed by atoms with van der Waals surface area (Å²) < 4.78 is 21.3. The first kappa shape index (κ1) is 24.8. The molecule has 32 heavy (non-hydrogen) atoms. The number of carbonyl (C=O) groups excluding carboxylic acids is 1. The van der Waals surface area contributed by atoms with Crippen molar-refractivity contribution in [3.05, 3.63) is 53.1 Å². The quantitative estimate of drug-likeness (QED) is 0.378. The number of allylic oxidation sites excluding steroid dienone is 1. The van der Waals surface area contributed by atoms with Crippen LogP contribution in [0.1, 0.15) is 41.8 Å². The van der Waals surface area contributed by atoms with Crippen LogP contribution in [0.25, 0.3) is 6.08 Å². The number of aliphatic carboxylic acids is 1. The maximum atomic E-state index is 13.0. The average molecular weight is 443 g/mol. The maximum absolute atomic E-state index is 13.0. The SMILES string of the molecule is COc1cc(OC)c(C(=O)/C=C/c2ccc(OC)c(CCC(C)C)c2)c(OCC(=O)O)c1. The number of hydrogen-bond donors (Lipinski definition) is 1. The largest absolute Gasteiger partial charge is 0.496 e. The summed E-state index contributed by atoms with van der Waals surface area (Å²) in [6, 6.07) is 8.76. The highest BCUT2D eigenvalue weighted by Crippen LogP contribution is 2.35. The van der Waals surface area contributed by atoms with Gasteiger partial charge in [0.05, 0.1) is 21.3 Å². The van der Waals surface area contributed by atoms with E-state index in [-0.39, 0.29) is 22.8 Å². The Morgan fingerprint density at radius 3 is 2.25 bits per heavy atom. The molecule has 1 N–H and O–H groups in total. The molecule has 0 unspecified atom stereocenters. The van der Waals surface area contributed by atoms with Crippen molar-refractivity contribution in [2.45, 2.75) is 26.7 Å². The van der Waals surface area contributed by atoms with E-state index in [2.05, 4.69) is 13.8 Å². The molecule has 0 aliphatic carbocycles. The lowest BCUT2D eigenvalue weighted by Crippen LogP contribution is -2.12. The first-order valence-corrected chi connectivity index (χ1v) is 10.3. The number of carbonyl (C=O) groups is 2. The third kappa shape index (κ3) is 6.77. The summed E-state index contributed by atoms with van der Waals surface area (Å²) in [5.74, 6) is 0.518. The van der Waals surface area contributed by atoms with Crippen molar-refractivity contribution < 1.29 is 33.6 Å². The summed E-state index contributed by atoms with van der Waals surface area (Å²) in [7, 11) is 4.51. The van der Waals surface area contributed by atoms with E-state index in [1.165, 1.54) is 26.4 Å². The zero-order valence-electron chi connectivity index (χ0n) is 19.1. The van der Waals surface area contributed by atoms with Crippen LogP contribution in [0.2, 0.25) is 0 Å². The van der Waals surface area contributed by atoms with Gasteiger partial charge in [-0.1, -0.05) is 26.0 Å². The van der Waals surface area contributed by atoms with Gasteiger partial charge in [0, 0.05) is 12.1 Å². The minimum atomic E-state index is -1.16. The Labute approximate surface area is 188 Å². The average Bonchev–Trinajstić information content (AvgIpc) is 2.78. The van der Waals surface area contributed by atoms with E-state index in [4.69, 9.17) is 24.1 Å². The number of carboxylic acids is 1. The Morgan fingerprint density at radius 1 is 0.969 bits per heavy atom. The van der Waals surface area contributed by atoms with Crippen LogP contribution in [-0.2, 0) is 11.2 Å². The molecule has 0 atom stereocenters. The van der Waals surface area contributed by atoms with E-state index < -0.39 is 12.6 Å². The molecule has 0 radical (unpaired) electrons. The molecule has 0 spiro atoms. The second-order valence-corrected chi connectivity index (χ2v) is 7.59. The number of aryl methyl sites for hydroxylation is 1. The van der Waals surface area contributed by atoms with Gasteiger partial charge in [0.2, 0.25) is 0 Å². The number of benzene rings is 2. The maximum Gasteiger partial charge on any atom is 0.341 e. The molecule has 2 aromatic rings. The third-order valence-electron chi connectivity index (χ3n) is 4.82. The molecule has 0 heterocycles. The number of ketones is 1. The number of rotatable bonds is 12. The van der Waals surface area contributed by atoms with Crippen molar-refractivity contribution in [3.8, 4) is 23.0 Å². The number of methoxy groups -OCH3 is 3. The summed E-state index contributed by atoms with van der Waals surface area (Å²) in [5.41, 5.74) is 2.04. The van der Waals surface area contributed by atoms with Crippen molar-refractivity contribution in [3.63, 3.8) is 0 Å². The molecule has 7 nitrogen and oxygen atoms in total. The summed E-state index contributed by atoms with van der Waals surface area (Å²) in [6.45, 7) is 3.74. The van der Waals surface area contributed by atoms with E-state index in [0.717, 1.165) is 29.7 Å². The molecule has 0 saturated carbocycles. The lowest BCUT2D eigenvalue weighted by Gasteiger charge is -2.14. The van der Waals surface area contributed by atoms with Gasteiger partial charge in [0.25, 0.3) is 0 Å². The molecule has 0 aromatic heterocycles. The Bertz CT molecular complexity index is 976. The Morgan fingerprint density at radius 2 is 1.66 bits per heavy atom. The summed E-state index contributed by atoms with van der Waals surface area (Å²) in [5, 5.41) is 8.96. The zero-order valence-corrected chi connectivity index (χ0v) is 19.1. The second kappa shape index (κ2) is 11.8. The fraction of sp³-hybridized carbons (Fsp3) is 0.360. The van der Waals surface area contributed by atoms with E-state index in [0.29, 0.717) is 11.7 Å². The van der Waals surface area contributed by atoms with Crippen molar-refractivity contribution in [1.82, 2.24) is 0 Å². The van der Waals surface area contributed by atoms with Gasteiger partial charge >= 0.3 is 5.97 Å². The monoisotopic (exact) mass is 442 g/mol. The van der Waals surface area contributed by atoms with Crippen LogP contribution in [0, 0.1) is 5.92 Å². The highest BCUT2D eigenvalue weighted by Gasteiger charge is 2.20. The Hall–Kier alpha value is -3.48. The van der Waals surface area contributed by atoms with Gasteiger partial charge in [0.1, 0.15) is 28.6 Å². The topological polar surface area (TPSA) is 91.3 Å². The lowest BCUT2D eigenvalue weighted by atomic mass is 9.99. The first-order valence-electron chi connectivity index (χ1n) is 10.3. The fourth-order valence-electron chi connectivity index (χ4n) is 3.14. The normalized spacial score (nSPS) is 10.9. The van der Waals surface area contributed by atoms with Crippen LogP contribution in [0.15, 0.2) is 36.4 Å². The number of hydrogen-bond acceptors (Lipinski definition) is 6. The number of ether oxygens (including phenoxy) is 4. The fourth-order valence-corrected chi connectivity index (χ4v) is 3.14.